The number of carbonyl (C=O) groups excluding carboxylic acids is 2. The molecule has 1 aromatic carbocycles. The van der Waals surface area contributed by atoms with Gasteiger partial charge in [0.2, 0.25) is 0 Å². The van der Waals surface area contributed by atoms with Crippen molar-refractivity contribution < 1.29 is 9.59 Å². The van der Waals surface area contributed by atoms with Crippen LogP contribution in [-0.4, -0.2) is 44.3 Å². The van der Waals surface area contributed by atoms with Gasteiger partial charge in [-0.3, -0.25) is 9.59 Å². The Hall–Kier alpha value is -3.22. The highest BCUT2D eigenvalue weighted by molar-refractivity contribution is 6.12. The van der Waals surface area contributed by atoms with Crippen molar-refractivity contribution in [2.45, 2.75) is 58.9 Å². The molecular formula is C25H29N5O2. The molecule has 4 heterocycles. The van der Waals surface area contributed by atoms with Crippen molar-refractivity contribution in [3.05, 3.63) is 52.5 Å². The van der Waals surface area contributed by atoms with Crippen LogP contribution in [0.3, 0.4) is 0 Å². The monoisotopic (exact) mass is 431 g/mol. The van der Waals surface area contributed by atoms with E-state index in [1.165, 1.54) is 6.42 Å². The van der Waals surface area contributed by atoms with E-state index in [0.717, 1.165) is 74.5 Å². The summed E-state index contributed by atoms with van der Waals surface area (Å²) in [5.41, 5.74) is 4.88. The van der Waals surface area contributed by atoms with Crippen molar-refractivity contribution in [3.8, 4) is 0 Å². The van der Waals surface area contributed by atoms with Crippen LogP contribution in [0.1, 0.15) is 69.9 Å². The van der Waals surface area contributed by atoms with Crippen LogP contribution >= 0.6 is 0 Å². The second-order valence-electron chi connectivity index (χ2n) is 8.91. The Morgan fingerprint density at radius 1 is 0.938 bits per heavy atom. The fraction of sp³-hybridized carbons (Fsp3) is 0.440. The van der Waals surface area contributed by atoms with E-state index in [0.29, 0.717) is 22.3 Å². The van der Waals surface area contributed by atoms with Crippen molar-refractivity contribution >= 4 is 28.7 Å². The van der Waals surface area contributed by atoms with Gasteiger partial charge in [0, 0.05) is 43.0 Å². The summed E-state index contributed by atoms with van der Waals surface area (Å²) in [6.07, 6.45) is 6.42. The number of aryl methyl sites for hydroxylation is 3. The lowest BCUT2D eigenvalue weighted by atomic mass is 10.0. The molecule has 1 N–H and O–H groups in total. The van der Waals surface area contributed by atoms with Crippen LogP contribution < -0.4 is 5.32 Å². The Balaban J connectivity index is 1.48. The molecule has 3 aromatic rings. The number of aromatic nitrogens is 3. The normalized spacial score (nSPS) is 16.1. The molecule has 1 saturated heterocycles. The first kappa shape index (κ1) is 20.7. The van der Waals surface area contributed by atoms with Gasteiger partial charge in [-0.2, -0.15) is 0 Å². The number of imidazole rings is 1. The van der Waals surface area contributed by atoms with Gasteiger partial charge in [-0.25, -0.2) is 9.97 Å². The number of likely N-dealkylation sites (tertiary alicyclic amines) is 1. The van der Waals surface area contributed by atoms with E-state index in [9.17, 15) is 9.59 Å². The number of carbonyl (C=O) groups is 2. The maximum atomic E-state index is 13.4. The fourth-order valence-electron chi connectivity index (χ4n) is 4.87. The number of nitrogens with zero attached hydrogens (tertiary/aromatic N) is 4. The number of pyridine rings is 1. The van der Waals surface area contributed by atoms with E-state index in [1.807, 2.05) is 36.9 Å². The number of rotatable bonds is 3. The highest BCUT2D eigenvalue weighted by Crippen LogP contribution is 2.26. The summed E-state index contributed by atoms with van der Waals surface area (Å²) >= 11 is 0. The second-order valence-corrected chi connectivity index (χ2v) is 8.91. The van der Waals surface area contributed by atoms with Crippen LogP contribution in [0.15, 0.2) is 24.3 Å². The molecule has 2 amide bonds. The summed E-state index contributed by atoms with van der Waals surface area (Å²) in [5, 5.41) is 3.04. The van der Waals surface area contributed by atoms with Gasteiger partial charge in [-0.15, -0.1) is 0 Å². The van der Waals surface area contributed by atoms with E-state index in [-0.39, 0.29) is 11.8 Å². The van der Waals surface area contributed by atoms with Gasteiger partial charge in [-0.1, -0.05) is 12.5 Å². The molecule has 32 heavy (non-hydrogen) atoms. The number of benzene rings is 1. The average molecular weight is 432 g/mol. The lowest BCUT2D eigenvalue weighted by molar-refractivity contribution is 0.0791. The maximum Gasteiger partial charge on any atom is 0.258 e. The zero-order valence-corrected chi connectivity index (χ0v) is 18.8. The largest absolute Gasteiger partial charge is 0.339 e. The molecule has 166 valence electrons. The van der Waals surface area contributed by atoms with Crippen LogP contribution in [0.2, 0.25) is 0 Å². The van der Waals surface area contributed by atoms with Crippen LogP contribution in [0, 0.1) is 13.8 Å². The molecule has 0 saturated carbocycles. The van der Waals surface area contributed by atoms with Crippen LogP contribution in [0.25, 0.3) is 11.2 Å². The quantitative estimate of drug-likeness (QED) is 0.672. The number of amides is 2. The Labute approximate surface area is 187 Å². The first-order chi connectivity index (χ1) is 15.5. The van der Waals surface area contributed by atoms with Crippen LogP contribution in [-0.2, 0) is 13.0 Å². The minimum Gasteiger partial charge on any atom is -0.339 e. The first-order valence-electron chi connectivity index (χ1n) is 11.6. The standard InChI is InChI=1S/C25H29N5O2/c1-16-15-19(22-23(26-16)30-14-5-3-4-11-21(30)28-22)24(31)27-20-10-8-9-18(17(20)2)25(32)29-12-6-7-13-29/h8-10,15H,3-7,11-14H2,1-2H3,(H,27,31). The Bertz CT molecular complexity index is 1210. The molecule has 0 radical (unpaired) electrons. The third-order valence-corrected chi connectivity index (χ3v) is 6.64. The first-order valence-corrected chi connectivity index (χ1v) is 11.6. The number of hydrogen-bond donors (Lipinski definition) is 1. The van der Waals surface area contributed by atoms with Gasteiger partial charge in [-0.05, 0) is 63.3 Å². The minimum absolute atomic E-state index is 0.0380. The molecule has 0 atom stereocenters. The predicted octanol–water partition coefficient (Wildman–Crippen LogP) is 4.26. The SMILES string of the molecule is Cc1cc(C(=O)Nc2cccc(C(=O)N3CCCC3)c2C)c2nc3n(c2n1)CCCCC3. The Kier molecular flexibility index (Phi) is 5.41. The molecule has 0 spiro atoms. The highest BCUT2D eigenvalue weighted by Gasteiger charge is 2.24. The van der Waals surface area contributed by atoms with Gasteiger partial charge >= 0.3 is 0 Å². The summed E-state index contributed by atoms with van der Waals surface area (Å²) in [4.78, 5) is 37.7. The number of fused-ring (bicyclic) bond motifs is 3. The smallest absolute Gasteiger partial charge is 0.258 e. The molecule has 7 nitrogen and oxygen atoms in total. The molecule has 1 fully saturated rings. The summed E-state index contributed by atoms with van der Waals surface area (Å²) in [6.45, 7) is 6.30. The van der Waals surface area contributed by atoms with E-state index < -0.39 is 0 Å². The minimum atomic E-state index is -0.220. The summed E-state index contributed by atoms with van der Waals surface area (Å²) < 4.78 is 2.17. The highest BCUT2D eigenvalue weighted by atomic mass is 16.2. The Morgan fingerprint density at radius 3 is 2.53 bits per heavy atom. The van der Waals surface area contributed by atoms with Crippen molar-refractivity contribution in [1.82, 2.24) is 19.4 Å². The van der Waals surface area contributed by atoms with E-state index in [4.69, 9.17) is 9.97 Å². The van der Waals surface area contributed by atoms with Gasteiger partial charge in [0.15, 0.2) is 5.65 Å². The lowest BCUT2D eigenvalue weighted by Crippen LogP contribution is -2.28. The molecular weight excluding hydrogens is 402 g/mol. The Morgan fingerprint density at radius 2 is 1.72 bits per heavy atom. The zero-order chi connectivity index (χ0) is 22.2. The molecule has 2 aliphatic rings. The summed E-state index contributed by atoms with van der Waals surface area (Å²) in [6, 6.07) is 7.33. The van der Waals surface area contributed by atoms with Crippen LogP contribution in [0.5, 0.6) is 0 Å². The second kappa shape index (κ2) is 8.37. The van der Waals surface area contributed by atoms with Gasteiger partial charge in [0.25, 0.3) is 11.8 Å². The number of nitrogens with one attached hydrogen (secondary N) is 1. The van der Waals surface area contributed by atoms with Crippen molar-refractivity contribution in [2.24, 2.45) is 0 Å². The summed E-state index contributed by atoms with van der Waals surface area (Å²) in [5.74, 6) is 0.831. The van der Waals surface area contributed by atoms with Crippen molar-refractivity contribution in [2.75, 3.05) is 18.4 Å². The maximum absolute atomic E-state index is 13.4. The van der Waals surface area contributed by atoms with Gasteiger partial charge in [0.1, 0.15) is 11.3 Å². The number of hydrogen-bond acceptors (Lipinski definition) is 4. The van der Waals surface area contributed by atoms with Gasteiger partial charge in [0.05, 0.1) is 5.56 Å². The molecule has 5 rings (SSSR count). The molecule has 0 unspecified atom stereocenters. The van der Waals surface area contributed by atoms with E-state index in [1.54, 1.807) is 6.07 Å². The molecule has 7 heteroatoms. The predicted molar refractivity (Wildman–Crippen MR) is 124 cm³/mol. The molecule has 2 aromatic heterocycles. The zero-order valence-electron chi connectivity index (χ0n) is 18.8. The average Bonchev–Trinajstić information content (AvgIpc) is 3.37. The van der Waals surface area contributed by atoms with Gasteiger partial charge < -0.3 is 14.8 Å². The number of anilines is 1. The summed E-state index contributed by atoms with van der Waals surface area (Å²) in [7, 11) is 0. The van der Waals surface area contributed by atoms with Crippen molar-refractivity contribution in [3.63, 3.8) is 0 Å². The fourth-order valence-corrected chi connectivity index (χ4v) is 4.87. The molecule has 0 bridgehead atoms. The molecule has 0 aliphatic carbocycles. The lowest BCUT2D eigenvalue weighted by Gasteiger charge is -2.18. The molecule has 2 aliphatic heterocycles. The van der Waals surface area contributed by atoms with Crippen molar-refractivity contribution in [1.29, 1.82) is 0 Å². The van der Waals surface area contributed by atoms with E-state index >= 15 is 0 Å². The van der Waals surface area contributed by atoms with E-state index in [2.05, 4.69) is 9.88 Å². The van der Waals surface area contributed by atoms with Crippen LogP contribution in [0.4, 0.5) is 5.69 Å². The topological polar surface area (TPSA) is 80.1 Å². The third-order valence-electron chi connectivity index (χ3n) is 6.64. The third kappa shape index (κ3) is 3.66.